The van der Waals surface area contributed by atoms with Crippen molar-refractivity contribution in [1.82, 2.24) is 20.1 Å². The van der Waals surface area contributed by atoms with Crippen LogP contribution in [0.3, 0.4) is 0 Å². The Morgan fingerprint density at radius 3 is 2.29 bits per heavy atom. The second-order valence-corrected chi connectivity index (χ2v) is 9.06. The van der Waals surface area contributed by atoms with E-state index in [4.69, 9.17) is 4.74 Å². The van der Waals surface area contributed by atoms with Crippen molar-refractivity contribution in [2.24, 2.45) is 0 Å². The van der Waals surface area contributed by atoms with Gasteiger partial charge in [-0.05, 0) is 55.8 Å². The summed E-state index contributed by atoms with van der Waals surface area (Å²) in [5, 5.41) is 12.0. The number of hydrogen-bond donors (Lipinski definition) is 1. The van der Waals surface area contributed by atoms with Crippen LogP contribution in [0.4, 0.5) is 4.39 Å². The number of amides is 1. The molecule has 1 N–H and O–H groups in total. The van der Waals surface area contributed by atoms with Gasteiger partial charge in [-0.15, -0.1) is 10.2 Å². The summed E-state index contributed by atoms with van der Waals surface area (Å²) in [5.74, 6) is 0.973. The molecule has 0 radical (unpaired) electrons. The first-order chi connectivity index (χ1) is 16.5. The van der Waals surface area contributed by atoms with Gasteiger partial charge in [0.25, 0.3) is 0 Å². The molecule has 1 amide bonds. The number of benzene rings is 3. The third-order valence-corrected chi connectivity index (χ3v) is 6.42. The summed E-state index contributed by atoms with van der Waals surface area (Å²) in [6.07, 6.45) is 0. The molecule has 2 atom stereocenters. The van der Waals surface area contributed by atoms with E-state index in [1.54, 1.807) is 19.2 Å². The standard InChI is InChI=1S/C26H25FN4O2S/c1-17(19-9-11-21(27)12-10-19)28-25(32)18(2)34-26-30-29-24(20-7-5-4-6-8-20)31(26)22-13-15-23(33-3)16-14-22/h4-18H,1-3H3,(H,28,32). The highest BCUT2D eigenvalue weighted by molar-refractivity contribution is 8.00. The van der Waals surface area contributed by atoms with Crippen LogP contribution in [0.2, 0.25) is 0 Å². The Bertz CT molecular complexity index is 1240. The minimum atomic E-state index is -0.437. The molecule has 0 aliphatic rings. The third kappa shape index (κ3) is 5.28. The van der Waals surface area contributed by atoms with Crippen molar-refractivity contribution in [3.63, 3.8) is 0 Å². The molecule has 34 heavy (non-hydrogen) atoms. The lowest BCUT2D eigenvalue weighted by Gasteiger charge is -2.18. The van der Waals surface area contributed by atoms with E-state index in [9.17, 15) is 9.18 Å². The molecule has 1 heterocycles. The van der Waals surface area contributed by atoms with E-state index in [0.717, 1.165) is 22.6 Å². The largest absolute Gasteiger partial charge is 0.497 e. The SMILES string of the molecule is COc1ccc(-n2c(SC(C)C(=O)NC(C)c3ccc(F)cc3)nnc2-c2ccccc2)cc1. The smallest absolute Gasteiger partial charge is 0.233 e. The average Bonchev–Trinajstić information content (AvgIpc) is 3.28. The number of nitrogens with one attached hydrogen (secondary N) is 1. The summed E-state index contributed by atoms with van der Waals surface area (Å²) in [6.45, 7) is 3.70. The van der Waals surface area contributed by atoms with Crippen molar-refractivity contribution >= 4 is 17.7 Å². The maximum atomic E-state index is 13.2. The number of carbonyl (C=O) groups is 1. The molecule has 4 aromatic rings. The van der Waals surface area contributed by atoms with Crippen molar-refractivity contribution in [3.8, 4) is 22.8 Å². The van der Waals surface area contributed by atoms with Gasteiger partial charge >= 0.3 is 0 Å². The highest BCUT2D eigenvalue weighted by Gasteiger charge is 2.23. The van der Waals surface area contributed by atoms with Gasteiger partial charge in [-0.2, -0.15) is 0 Å². The summed E-state index contributed by atoms with van der Waals surface area (Å²) < 4.78 is 20.4. The Balaban J connectivity index is 1.58. The number of carbonyl (C=O) groups excluding carboxylic acids is 1. The predicted molar refractivity (Wildman–Crippen MR) is 132 cm³/mol. The van der Waals surface area contributed by atoms with Crippen molar-refractivity contribution < 1.29 is 13.9 Å². The van der Waals surface area contributed by atoms with Crippen LogP contribution in [0.15, 0.2) is 84.0 Å². The Morgan fingerprint density at radius 1 is 0.971 bits per heavy atom. The van der Waals surface area contributed by atoms with E-state index in [1.807, 2.05) is 73.0 Å². The molecular weight excluding hydrogens is 451 g/mol. The zero-order valence-corrected chi connectivity index (χ0v) is 19.9. The molecule has 1 aromatic heterocycles. The van der Waals surface area contributed by atoms with E-state index >= 15 is 0 Å². The van der Waals surface area contributed by atoms with Crippen molar-refractivity contribution in [3.05, 3.63) is 90.2 Å². The van der Waals surface area contributed by atoms with Gasteiger partial charge in [-0.25, -0.2) is 4.39 Å². The van der Waals surface area contributed by atoms with E-state index in [0.29, 0.717) is 11.0 Å². The topological polar surface area (TPSA) is 69.0 Å². The molecule has 0 fully saturated rings. The van der Waals surface area contributed by atoms with E-state index in [-0.39, 0.29) is 17.8 Å². The number of aromatic nitrogens is 3. The fourth-order valence-corrected chi connectivity index (χ4v) is 4.34. The first-order valence-electron chi connectivity index (χ1n) is 10.8. The normalized spacial score (nSPS) is 12.7. The summed E-state index contributed by atoms with van der Waals surface area (Å²) in [5.41, 5.74) is 2.61. The predicted octanol–water partition coefficient (Wildman–Crippen LogP) is 5.44. The van der Waals surface area contributed by atoms with Crippen LogP contribution in [-0.2, 0) is 4.79 Å². The zero-order chi connectivity index (χ0) is 24.1. The fraction of sp³-hybridized carbons (Fsp3) is 0.192. The average molecular weight is 477 g/mol. The van der Waals surface area contributed by atoms with Gasteiger partial charge in [0.2, 0.25) is 5.91 Å². The van der Waals surface area contributed by atoms with Gasteiger partial charge in [0.1, 0.15) is 11.6 Å². The molecule has 0 aliphatic heterocycles. The molecule has 0 bridgehead atoms. The Kier molecular flexibility index (Phi) is 7.27. The van der Waals surface area contributed by atoms with Crippen molar-refractivity contribution in [1.29, 1.82) is 0 Å². The summed E-state index contributed by atoms with van der Waals surface area (Å²) in [7, 11) is 1.62. The maximum Gasteiger partial charge on any atom is 0.233 e. The lowest BCUT2D eigenvalue weighted by molar-refractivity contribution is -0.120. The van der Waals surface area contributed by atoms with Gasteiger partial charge in [0.05, 0.1) is 18.4 Å². The summed E-state index contributed by atoms with van der Waals surface area (Å²) in [6, 6.07) is 23.3. The van der Waals surface area contributed by atoms with Crippen LogP contribution >= 0.6 is 11.8 Å². The maximum absolute atomic E-state index is 13.2. The molecule has 2 unspecified atom stereocenters. The quantitative estimate of drug-likeness (QED) is 0.343. The Hall–Kier alpha value is -3.65. The first kappa shape index (κ1) is 23.5. The molecule has 0 spiro atoms. The number of rotatable bonds is 8. The van der Waals surface area contributed by atoms with Crippen LogP contribution in [0, 0.1) is 5.82 Å². The van der Waals surface area contributed by atoms with E-state index in [2.05, 4.69) is 15.5 Å². The number of ether oxygens (including phenoxy) is 1. The highest BCUT2D eigenvalue weighted by atomic mass is 32.2. The Morgan fingerprint density at radius 2 is 1.65 bits per heavy atom. The zero-order valence-electron chi connectivity index (χ0n) is 19.1. The number of hydrogen-bond acceptors (Lipinski definition) is 5. The van der Waals surface area contributed by atoms with Gasteiger partial charge in [0.15, 0.2) is 11.0 Å². The Labute approximate surface area is 202 Å². The molecule has 3 aromatic carbocycles. The molecule has 0 saturated carbocycles. The lowest BCUT2D eigenvalue weighted by atomic mass is 10.1. The molecule has 6 nitrogen and oxygen atoms in total. The van der Waals surface area contributed by atoms with Gasteiger partial charge in [-0.3, -0.25) is 9.36 Å². The van der Waals surface area contributed by atoms with Crippen LogP contribution in [0.5, 0.6) is 5.75 Å². The number of nitrogens with zero attached hydrogens (tertiary/aromatic N) is 3. The molecule has 8 heteroatoms. The highest BCUT2D eigenvalue weighted by Crippen LogP contribution is 2.31. The van der Waals surface area contributed by atoms with Crippen LogP contribution < -0.4 is 10.1 Å². The monoisotopic (exact) mass is 476 g/mol. The molecular formula is C26H25FN4O2S. The lowest BCUT2D eigenvalue weighted by Crippen LogP contribution is -2.33. The third-order valence-electron chi connectivity index (χ3n) is 5.38. The molecule has 0 saturated heterocycles. The van der Waals surface area contributed by atoms with Crippen LogP contribution in [0.1, 0.15) is 25.5 Å². The number of methoxy groups -OCH3 is 1. The van der Waals surface area contributed by atoms with E-state index in [1.165, 1.54) is 23.9 Å². The first-order valence-corrected chi connectivity index (χ1v) is 11.7. The second kappa shape index (κ2) is 10.5. The van der Waals surface area contributed by atoms with E-state index < -0.39 is 5.25 Å². The van der Waals surface area contributed by atoms with Gasteiger partial charge in [0, 0.05) is 11.3 Å². The minimum absolute atomic E-state index is 0.146. The summed E-state index contributed by atoms with van der Waals surface area (Å²) in [4.78, 5) is 12.9. The molecule has 0 aliphatic carbocycles. The summed E-state index contributed by atoms with van der Waals surface area (Å²) >= 11 is 1.32. The number of thioether (sulfide) groups is 1. The molecule has 174 valence electrons. The van der Waals surface area contributed by atoms with Crippen LogP contribution in [0.25, 0.3) is 17.1 Å². The van der Waals surface area contributed by atoms with Crippen molar-refractivity contribution in [2.75, 3.05) is 7.11 Å². The van der Waals surface area contributed by atoms with Gasteiger partial charge in [-0.1, -0.05) is 54.2 Å². The van der Waals surface area contributed by atoms with Gasteiger partial charge < -0.3 is 10.1 Å². The molecule has 4 rings (SSSR count). The second-order valence-electron chi connectivity index (χ2n) is 7.75. The number of halogens is 1. The van der Waals surface area contributed by atoms with Crippen LogP contribution in [-0.4, -0.2) is 33.0 Å². The fourth-order valence-electron chi connectivity index (χ4n) is 3.46. The van der Waals surface area contributed by atoms with Crippen molar-refractivity contribution in [2.45, 2.75) is 30.3 Å². The minimum Gasteiger partial charge on any atom is -0.497 e.